The van der Waals surface area contributed by atoms with Crippen LogP contribution in [0.5, 0.6) is 0 Å². The molecule has 8 nitrogen and oxygen atoms in total. The fourth-order valence-corrected chi connectivity index (χ4v) is 4.90. The Labute approximate surface area is 165 Å². The van der Waals surface area contributed by atoms with Gasteiger partial charge in [0, 0.05) is 29.6 Å². The average Bonchev–Trinajstić information content (AvgIpc) is 3.28. The number of nitro groups is 1. The molecule has 0 radical (unpaired) electrons. The van der Waals surface area contributed by atoms with E-state index < -0.39 is 10.8 Å². The Balaban J connectivity index is 1.61. The highest BCUT2D eigenvalue weighted by molar-refractivity contribution is 7.16. The first-order valence-corrected chi connectivity index (χ1v) is 9.87. The third kappa shape index (κ3) is 3.32. The van der Waals surface area contributed by atoms with Crippen LogP contribution in [0.25, 0.3) is 0 Å². The van der Waals surface area contributed by atoms with Crippen molar-refractivity contribution in [2.75, 3.05) is 36.5 Å². The summed E-state index contributed by atoms with van der Waals surface area (Å²) in [6, 6.07) is 6.68. The molecule has 2 aliphatic rings. The van der Waals surface area contributed by atoms with Gasteiger partial charge in [0.15, 0.2) is 0 Å². The number of ether oxygens (including phenoxy) is 1. The van der Waals surface area contributed by atoms with Gasteiger partial charge in [-0.25, -0.2) is 0 Å². The van der Waals surface area contributed by atoms with E-state index in [2.05, 4.69) is 11.4 Å². The molecule has 1 saturated heterocycles. The summed E-state index contributed by atoms with van der Waals surface area (Å²) < 4.78 is 5.30. The Morgan fingerprint density at radius 3 is 2.82 bits per heavy atom. The van der Waals surface area contributed by atoms with Crippen molar-refractivity contribution in [3.63, 3.8) is 0 Å². The van der Waals surface area contributed by atoms with Gasteiger partial charge in [0.05, 0.1) is 23.7 Å². The van der Waals surface area contributed by atoms with E-state index in [9.17, 15) is 20.2 Å². The van der Waals surface area contributed by atoms with Gasteiger partial charge in [-0.05, 0) is 37.0 Å². The zero-order valence-electron chi connectivity index (χ0n) is 15.1. The summed E-state index contributed by atoms with van der Waals surface area (Å²) in [6.45, 7) is 2.16. The van der Waals surface area contributed by atoms with Gasteiger partial charge in [-0.2, -0.15) is 5.26 Å². The molecule has 1 aliphatic heterocycles. The van der Waals surface area contributed by atoms with E-state index >= 15 is 0 Å². The molecule has 28 heavy (non-hydrogen) atoms. The van der Waals surface area contributed by atoms with E-state index in [0.717, 1.165) is 29.7 Å². The van der Waals surface area contributed by atoms with Crippen LogP contribution < -0.4 is 10.2 Å². The molecule has 1 aliphatic carbocycles. The lowest BCUT2D eigenvalue weighted by Crippen LogP contribution is -2.36. The van der Waals surface area contributed by atoms with Crippen LogP contribution in [0.2, 0.25) is 0 Å². The third-order valence-electron chi connectivity index (χ3n) is 5.05. The number of nitrogens with one attached hydrogen (secondary N) is 1. The molecule has 0 saturated carbocycles. The van der Waals surface area contributed by atoms with Gasteiger partial charge in [0.25, 0.3) is 11.6 Å². The van der Waals surface area contributed by atoms with Crippen molar-refractivity contribution >= 4 is 33.6 Å². The van der Waals surface area contributed by atoms with E-state index in [0.29, 0.717) is 42.6 Å². The number of rotatable bonds is 4. The second-order valence-electron chi connectivity index (χ2n) is 6.69. The minimum Gasteiger partial charge on any atom is -0.378 e. The van der Waals surface area contributed by atoms with Crippen LogP contribution in [-0.2, 0) is 17.6 Å². The highest BCUT2D eigenvalue weighted by Gasteiger charge is 2.26. The smallest absolute Gasteiger partial charge is 0.293 e. The summed E-state index contributed by atoms with van der Waals surface area (Å²) in [5.74, 6) is -0.451. The average molecular weight is 398 g/mol. The molecule has 2 heterocycles. The third-order valence-corrected chi connectivity index (χ3v) is 6.25. The van der Waals surface area contributed by atoms with Gasteiger partial charge in [-0.1, -0.05) is 0 Å². The minimum absolute atomic E-state index is 0.108. The van der Waals surface area contributed by atoms with Crippen LogP contribution in [0.1, 0.15) is 32.8 Å². The molecular weight excluding hydrogens is 380 g/mol. The van der Waals surface area contributed by atoms with E-state index in [1.165, 1.54) is 17.4 Å². The lowest BCUT2D eigenvalue weighted by Gasteiger charge is -2.28. The molecule has 4 rings (SSSR count). The Morgan fingerprint density at radius 2 is 2.11 bits per heavy atom. The second kappa shape index (κ2) is 7.58. The highest BCUT2D eigenvalue weighted by atomic mass is 32.1. The second-order valence-corrected chi connectivity index (χ2v) is 7.79. The normalized spacial score (nSPS) is 15.8. The molecule has 9 heteroatoms. The van der Waals surface area contributed by atoms with Gasteiger partial charge in [0.1, 0.15) is 16.8 Å². The molecule has 2 aromatic rings. The number of nitriles is 1. The molecule has 0 bridgehead atoms. The fraction of sp³-hybridized carbons (Fsp3) is 0.368. The van der Waals surface area contributed by atoms with Crippen LogP contribution in [-0.4, -0.2) is 37.1 Å². The number of anilines is 2. The van der Waals surface area contributed by atoms with Crippen LogP contribution >= 0.6 is 11.3 Å². The van der Waals surface area contributed by atoms with Crippen molar-refractivity contribution < 1.29 is 14.5 Å². The number of carbonyl (C=O) groups excluding carboxylic acids is 1. The molecule has 0 atom stereocenters. The Hall–Kier alpha value is -2.96. The first kappa shape index (κ1) is 18.4. The quantitative estimate of drug-likeness (QED) is 0.626. The number of nitro benzene ring substituents is 1. The van der Waals surface area contributed by atoms with E-state index in [4.69, 9.17) is 4.74 Å². The van der Waals surface area contributed by atoms with Crippen molar-refractivity contribution in [2.24, 2.45) is 0 Å². The molecule has 1 N–H and O–H groups in total. The maximum Gasteiger partial charge on any atom is 0.293 e. The summed E-state index contributed by atoms with van der Waals surface area (Å²) in [4.78, 5) is 26.8. The number of amides is 1. The number of hydrogen-bond acceptors (Lipinski definition) is 7. The standard InChI is InChI=1S/C19H18N4O4S/c20-11-14-13-2-1-3-17(13)28-19(14)21-18(24)12-4-5-15(16(10-12)23(25)26)22-6-8-27-9-7-22/h4-5,10H,1-3,6-9H2,(H,21,24). The topological polar surface area (TPSA) is 108 Å². The zero-order chi connectivity index (χ0) is 19.7. The fourth-order valence-electron chi connectivity index (χ4n) is 3.67. The Morgan fingerprint density at radius 1 is 1.32 bits per heavy atom. The number of benzene rings is 1. The molecule has 1 amide bonds. The van der Waals surface area contributed by atoms with E-state index in [1.54, 1.807) is 12.1 Å². The lowest BCUT2D eigenvalue weighted by molar-refractivity contribution is -0.384. The van der Waals surface area contributed by atoms with Crippen LogP contribution in [0, 0.1) is 21.4 Å². The number of fused-ring (bicyclic) bond motifs is 1. The number of thiophene rings is 1. The lowest BCUT2D eigenvalue weighted by atomic mass is 10.1. The van der Waals surface area contributed by atoms with Crippen LogP contribution in [0.15, 0.2) is 18.2 Å². The first-order chi connectivity index (χ1) is 13.6. The van der Waals surface area contributed by atoms with Crippen molar-refractivity contribution in [3.05, 3.63) is 49.9 Å². The number of carbonyl (C=O) groups is 1. The summed E-state index contributed by atoms with van der Waals surface area (Å²) in [5, 5.41) is 24.3. The van der Waals surface area contributed by atoms with Gasteiger partial charge in [0.2, 0.25) is 0 Å². The maximum absolute atomic E-state index is 12.7. The molecular formula is C19H18N4O4S. The number of hydrogen-bond donors (Lipinski definition) is 1. The predicted molar refractivity (Wildman–Crippen MR) is 105 cm³/mol. The summed E-state index contributed by atoms with van der Waals surface area (Å²) in [5.41, 5.74) is 2.12. The molecule has 1 fully saturated rings. The van der Waals surface area contributed by atoms with Gasteiger partial charge < -0.3 is 15.0 Å². The minimum atomic E-state index is -0.470. The largest absolute Gasteiger partial charge is 0.378 e. The highest BCUT2D eigenvalue weighted by Crippen LogP contribution is 2.39. The Kier molecular flexibility index (Phi) is 4.98. The van der Waals surface area contributed by atoms with Gasteiger partial charge >= 0.3 is 0 Å². The monoisotopic (exact) mass is 398 g/mol. The number of nitrogens with zero attached hydrogens (tertiary/aromatic N) is 3. The molecule has 144 valence electrons. The molecule has 0 unspecified atom stereocenters. The first-order valence-electron chi connectivity index (χ1n) is 9.05. The van der Waals surface area contributed by atoms with Crippen molar-refractivity contribution in [3.8, 4) is 6.07 Å². The van der Waals surface area contributed by atoms with Crippen molar-refractivity contribution in [2.45, 2.75) is 19.3 Å². The van der Waals surface area contributed by atoms with Gasteiger partial charge in [-0.3, -0.25) is 14.9 Å². The summed E-state index contributed by atoms with van der Waals surface area (Å²) >= 11 is 1.42. The zero-order valence-corrected chi connectivity index (χ0v) is 15.9. The van der Waals surface area contributed by atoms with Crippen LogP contribution in [0.4, 0.5) is 16.4 Å². The maximum atomic E-state index is 12.7. The summed E-state index contributed by atoms with van der Waals surface area (Å²) in [6.07, 6.45) is 2.80. The summed E-state index contributed by atoms with van der Waals surface area (Å²) in [7, 11) is 0. The predicted octanol–water partition coefficient (Wildman–Crippen LogP) is 3.11. The van der Waals surface area contributed by atoms with Crippen molar-refractivity contribution in [1.29, 1.82) is 5.26 Å². The SMILES string of the molecule is N#Cc1c(NC(=O)c2ccc(N3CCOCC3)c([N+](=O)[O-])c2)sc2c1CCC2. The number of aryl methyl sites for hydroxylation is 1. The molecule has 0 spiro atoms. The van der Waals surface area contributed by atoms with Crippen LogP contribution in [0.3, 0.4) is 0 Å². The van der Waals surface area contributed by atoms with Crippen molar-refractivity contribution in [1.82, 2.24) is 0 Å². The van der Waals surface area contributed by atoms with Gasteiger partial charge in [-0.15, -0.1) is 11.3 Å². The Bertz CT molecular complexity index is 989. The van der Waals surface area contributed by atoms with E-state index in [1.807, 2.05) is 4.90 Å². The van der Waals surface area contributed by atoms with E-state index in [-0.39, 0.29) is 11.3 Å². The number of morpholine rings is 1. The molecule has 1 aromatic heterocycles. The molecule has 1 aromatic carbocycles.